The molecule has 0 radical (unpaired) electrons. The topological polar surface area (TPSA) is 69.7 Å². The first-order chi connectivity index (χ1) is 8.41. The Morgan fingerprint density at radius 2 is 2.11 bits per heavy atom. The van der Waals surface area contributed by atoms with Crippen molar-refractivity contribution in [1.82, 2.24) is 15.1 Å². The van der Waals surface area contributed by atoms with Gasteiger partial charge in [-0.1, -0.05) is 12.2 Å². The van der Waals surface area contributed by atoms with E-state index in [0.29, 0.717) is 25.9 Å². The normalized spacial score (nSPS) is 15.2. The fourth-order valence-corrected chi connectivity index (χ4v) is 1.62. The van der Waals surface area contributed by atoms with Gasteiger partial charge in [0.2, 0.25) is 11.8 Å². The number of hydrogen-bond acceptors (Lipinski definition) is 3. The molecule has 6 nitrogen and oxygen atoms in total. The molecule has 18 heavy (non-hydrogen) atoms. The summed E-state index contributed by atoms with van der Waals surface area (Å²) >= 11 is 0. The van der Waals surface area contributed by atoms with Crippen LogP contribution in [-0.2, 0) is 9.59 Å². The second kappa shape index (κ2) is 6.18. The number of carbonyl (C=O) groups excluding carboxylic acids is 3. The van der Waals surface area contributed by atoms with Gasteiger partial charge < -0.3 is 10.2 Å². The van der Waals surface area contributed by atoms with Gasteiger partial charge in [0.1, 0.15) is 6.54 Å². The van der Waals surface area contributed by atoms with Crippen molar-refractivity contribution in [3.8, 4) is 0 Å². The van der Waals surface area contributed by atoms with Crippen LogP contribution in [0.2, 0.25) is 0 Å². The third kappa shape index (κ3) is 3.87. The van der Waals surface area contributed by atoms with Gasteiger partial charge in [-0.25, -0.2) is 4.79 Å². The van der Waals surface area contributed by atoms with Crippen molar-refractivity contribution in [1.29, 1.82) is 0 Å². The van der Waals surface area contributed by atoms with Crippen LogP contribution in [0, 0.1) is 0 Å². The summed E-state index contributed by atoms with van der Waals surface area (Å²) in [4.78, 5) is 36.9. The highest BCUT2D eigenvalue weighted by molar-refractivity contribution is 6.01. The van der Waals surface area contributed by atoms with Crippen LogP contribution in [0.3, 0.4) is 0 Å². The molecule has 0 saturated carbocycles. The van der Waals surface area contributed by atoms with Gasteiger partial charge in [-0.05, 0) is 13.3 Å². The van der Waals surface area contributed by atoms with E-state index in [4.69, 9.17) is 0 Å². The quantitative estimate of drug-likeness (QED) is 0.548. The number of nitrogens with one attached hydrogen (secondary N) is 1. The zero-order valence-electron chi connectivity index (χ0n) is 10.9. The van der Waals surface area contributed by atoms with Crippen LogP contribution >= 0.6 is 0 Å². The fourth-order valence-electron chi connectivity index (χ4n) is 1.62. The molecule has 1 fully saturated rings. The summed E-state index contributed by atoms with van der Waals surface area (Å²) in [7, 11) is 1.58. The second-order valence-corrected chi connectivity index (χ2v) is 4.52. The molecule has 0 aromatic heterocycles. The zero-order chi connectivity index (χ0) is 13.7. The minimum atomic E-state index is -0.289. The smallest absolute Gasteiger partial charge is 0.326 e. The van der Waals surface area contributed by atoms with Gasteiger partial charge in [-0.3, -0.25) is 14.5 Å². The molecular weight excluding hydrogens is 234 g/mol. The first-order valence-corrected chi connectivity index (χ1v) is 5.88. The van der Waals surface area contributed by atoms with Gasteiger partial charge in [0, 0.05) is 26.6 Å². The summed E-state index contributed by atoms with van der Waals surface area (Å²) in [6, 6.07) is -0.289. The van der Waals surface area contributed by atoms with Crippen LogP contribution in [0.5, 0.6) is 0 Å². The van der Waals surface area contributed by atoms with E-state index in [-0.39, 0.29) is 24.4 Å². The van der Waals surface area contributed by atoms with Gasteiger partial charge in [-0.2, -0.15) is 0 Å². The molecule has 100 valence electrons. The van der Waals surface area contributed by atoms with E-state index in [2.05, 4.69) is 11.9 Å². The molecule has 0 aromatic rings. The van der Waals surface area contributed by atoms with Crippen LogP contribution in [0.15, 0.2) is 12.2 Å². The van der Waals surface area contributed by atoms with Crippen molar-refractivity contribution < 1.29 is 14.4 Å². The van der Waals surface area contributed by atoms with E-state index in [9.17, 15) is 14.4 Å². The second-order valence-electron chi connectivity index (χ2n) is 4.52. The molecular formula is C12H19N3O3. The van der Waals surface area contributed by atoms with Crippen LogP contribution in [0.1, 0.15) is 19.8 Å². The maximum Gasteiger partial charge on any atom is 0.326 e. The van der Waals surface area contributed by atoms with Gasteiger partial charge in [0.25, 0.3) is 0 Å². The molecule has 0 atom stereocenters. The Morgan fingerprint density at radius 1 is 1.44 bits per heavy atom. The number of hydrogen-bond donors (Lipinski definition) is 1. The lowest BCUT2D eigenvalue weighted by Crippen LogP contribution is -2.33. The monoisotopic (exact) mass is 253 g/mol. The Morgan fingerprint density at radius 3 is 2.61 bits per heavy atom. The Kier molecular flexibility index (Phi) is 4.88. The molecule has 0 spiro atoms. The molecule has 1 rings (SSSR count). The third-order valence-electron chi connectivity index (χ3n) is 2.60. The lowest BCUT2D eigenvalue weighted by molar-refractivity contribution is -0.126. The van der Waals surface area contributed by atoms with E-state index in [1.165, 1.54) is 9.80 Å². The van der Waals surface area contributed by atoms with Crippen molar-refractivity contribution in [2.75, 3.05) is 26.7 Å². The van der Waals surface area contributed by atoms with Gasteiger partial charge in [0.05, 0.1) is 0 Å². The molecule has 0 unspecified atom stereocenters. The molecule has 1 heterocycles. The highest BCUT2D eigenvalue weighted by atomic mass is 16.2. The molecule has 0 aromatic carbocycles. The number of urea groups is 1. The van der Waals surface area contributed by atoms with Gasteiger partial charge in [-0.15, -0.1) is 0 Å². The van der Waals surface area contributed by atoms with E-state index >= 15 is 0 Å². The summed E-state index contributed by atoms with van der Waals surface area (Å²) in [6.45, 7) is 6.39. The number of imide groups is 1. The van der Waals surface area contributed by atoms with E-state index in [0.717, 1.165) is 5.57 Å². The summed E-state index contributed by atoms with van der Waals surface area (Å²) in [6.07, 6.45) is 0.779. The zero-order valence-corrected chi connectivity index (χ0v) is 10.9. The largest absolute Gasteiger partial charge is 0.352 e. The molecule has 1 aliphatic heterocycles. The Balaban J connectivity index is 2.25. The molecule has 1 N–H and O–H groups in total. The molecule has 1 saturated heterocycles. The highest BCUT2D eigenvalue weighted by Gasteiger charge is 2.32. The standard InChI is InChI=1S/C12H19N3O3/c1-9(2)7-13-10(16)5-4-6-15-11(17)8-14(3)12(15)18/h1,4-8H2,2-3H3,(H,13,16). The van der Waals surface area contributed by atoms with Gasteiger partial charge >= 0.3 is 6.03 Å². The number of rotatable bonds is 6. The Labute approximate surface area is 107 Å². The SMILES string of the molecule is C=C(C)CNC(=O)CCCN1C(=O)CN(C)C1=O. The fraction of sp³-hybridized carbons (Fsp3) is 0.583. The van der Waals surface area contributed by atoms with Crippen molar-refractivity contribution in [3.63, 3.8) is 0 Å². The Bertz CT molecular complexity index is 379. The first kappa shape index (κ1) is 14.2. The molecule has 4 amide bonds. The van der Waals surface area contributed by atoms with Crippen molar-refractivity contribution >= 4 is 17.8 Å². The predicted molar refractivity (Wildman–Crippen MR) is 66.8 cm³/mol. The first-order valence-electron chi connectivity index (χ1n) is 5.88. The number of nitrogens with zero attached hydrogens (tertiary/aromatic N) is 2. The number of amides is 4. The maximum atomic E-state index is 11.5. The van der Waals surface area contributed by atoms with E-state index in [1.54, 1.807) is 7.05 Å². The average molecular weight is 253 g/mol. The van der Waals surface area contributed by atoms with E-state index < -0.39 is 0 Å². The molecule has 0 aliphatic carbocycles. The maximum absolute atomic E-state index is 11.5. The van der Waals surface area contributed by atoms with Crippen LogP contribution in [-0.4, -0.2) is 54.3 Å². The summed E-state index contributed by atoms with van der Waals surface area (Å²) in [5.74, 6) is -0.296. The van der Waals surface area contributed by atoms with Crippen molar-refractivity contribution in [2.45, 2.75) is 19.8 Å². The number of likely N-dealkylation sites (N-methyl/N-ethyl adjacent to an activating group) is 1. The van der Waals surface area contributed by atoms with Crippen LogP contribution < -0.4 is 5.32 Å². The Hall–Kier alpha value is -1.85. The third-order valence-corrected chi connectivity index (χ3v) is 2.60. The van der Waals surface area contributed by atoms with E-state index in [1.807, 2.05) is 6.92 Å². The molecule has 0 bridgehead atoms. The van der Waals surface area contributed by atoms with Crippen LogP contribution in [0.4, 0.5) is 4.79 Å². The lowest BCUT2D eigenvalue weighted by atomic mass is 10.2. The molecule has 1 aliphatic rings. The predicted octanol–water partition coefficient (Wildman–Crippen LogP) is 0.353. The minimum Gasteiger partial charge on any atom is -0.352 e. The van der Waals surface area contributed by atoms with Crippen LogP contribution in [0.25, 0.3) is 0 Å². The van der Waals surface area contributed by atoms with Gasteiger partial charge in [0.15, 0.2) is 0 Å². The average Bonchev–Trinajstić information content (AvgIpc) is 2.53. The summed E-state index contributed by atoms with van der Waals surface area (Å²) in [5.41, 5.74) is 0.884. The molecule has 6 heteroatoms. The van der Waals surface area contributed by atoms with Crippen molar-refractivity contribution in [3.05, 3.63) is 12.2 Å². The summed E-state index contributed by atoms with van der Waals surface area (Å²) < 4.78 is 0. The minimum absolute atomic E-state index is 0.0922. The lowest BCUT2D eigenvalue weighted by Gasteiger charge is -2.13. The van der Waals surface area contributed by atoms with Crippen molar-refractivity contribution in [2.24, 2.45) is 0 Å². The summed E-state index contributed by atoms with van der Waals surface area (Å²) in [5, 5.41) is 2.70. The highest BCUT2D eigenvalue weighted by Crippen LogP contribution is 2.08. The number of carbonyl (C=O) groups is 3.